The molecule has 2 N–H and O–H groups in total. The van der Waals surface area contributed by atoms with Crippen molar-refractivity contribution in [1.82, 2.24) is 4.98 Å². The number of hydrogen-bond acceptors (Lipinski definition) is 3. The average molecular weight is 249 g/mol. The summed E-state index contributed by atoms with van der Waals surface area (Å²) in [4.78, 5) is 3.96. The summed E-state index contributed by atoms with van der Waals surface area (Å²) >= 11 is 5.80. The van der Waals surface area contributed by atoms with Crippen LogP contribution in [0.25, 0.3) is 0 Å². The largest absolute Gasteiger partial charge is 0.491 e. The molecule has 1 aromatic heterocycles. The quantitative estimate of drug-likeness (QED) is 0.847. The van der Waals surface area contributed by atoms with E-state index in [1.165, 1.54) is 5.56 Å². The van der Waals surface area contributed by atoms with E-state index in [4.69, 9.17) is 22.1 Å². The molecule has 2 aromatic rings. The van der Waals surface area contributed by atoms with Gasteiger partial charge in [0, 0.05) is 23.8 Å². The second-order valence-electron chi connectivity index (χ2n) is 3.64. The fraction of sp³-hybridized carbons (Fsp3) is 0.154. The van der Waals surface area contributed by atoms with Crippen molar-refractivity contribution in [2.24, 2.45) is 0 Å². The molecule has 0 saturated carbocycles. The van der Waals surface area contributed by atoms with E-state index in [1.807, 2.05) is 12.1 Å². The van der Waals surface area contributed by atoms with Gasteiger partial charge in [-0.05, 0) is 35.9 Å². The molecule has 17 heavy (non-hydrogen) atoms. The van der Waals surface area contributed by atoms with Crippen LogP contribution in [-0.2, 0) is 6.42 Å². The second-order valence-corrected chi connectivity index (χ2v) is 4.07. The summed E-state index contributed by atoms with van der Waals surface area (Å²) in [7, 11) is 0. The van der Waals surface area contributed by atoms with Crippen molar-refractivity contribution in [1.29, 1.82) is 0 Å². The third-order valence-corrected chi connectivity index (χ3v) is 2.60. The Morgan fingerprint density at radius 2 is 1.94 bits per heavy atom. The van der Waals surface area contributed by atoms with E-state index in [0.29, 0.717) is 23.1 Å². The number of hydrogen-bond donors (Lipinski definition) is 1. The summed E-state index contributed by atoms with van der Waals surface area (Å²) in [6.07, 6.45) is 4.36. The molecular formula is C13H13ClN2O. The molecule has 3 nitrogen and oxygen atoms in total. The van der Waals surface area contributed by atoms with Crippen LogP contribution in [0.3, 0.4) is 0 Å². The first-order valence-electron chi connectivity index (χ1n) is 5.32. The lowest BCUT2D eigenvalue weighted by Crippen LogP contribution is -2.03. The minimum atomic E-state index is 0.562. The standard InChI is InChI=1S/C13H13ClN2O/c14-11-1-2-13(12(15)9-11)17-8-5-10-3-6-16-7-4-10/h1-4,6-7,9H,5,8,15H2. The molecule has 2 rings (SSSR count). The first kappa shape index (κ1) is 11.7. The van der Waals surface area contributed by atoms with E-state index in [9.17, 15) is 0 Å². The Labute approximate surface area is 105 Å². The number of halogens is 1. The van der Waals surface area contributed by atoms with Gasteiger partial charge in [-0.25, -0.2) is 0 Å². The van der Waals surface area contributed by atoms with Gasteiger partial charge in [-0.3, -0.25) is 4.98 Å². The minimum absolute atomic E-state index is 0.562. The van der Waals surface area contributed by atoms with E-state index in [-0.39, 0.29) is 0 Å². The number of aromatic nitrogens is 1. The molecule has 0 saturated heterocycles. The first-order valence-corrected chi connectivity index (χ1v) is 5.70. The average Bonchev–Trinajstić information content (AvgIpc) is 2.33. The van der Waals surface area contributed by atoms with E-state index < -0.39 is 0 Å². The van der Waals surface area contributed by atoms with Crippen LogP contribution in [0.2, 0.25) is 5.02 Å². The Kier molecular flexibility index (Phi) is 3.83. The number of nitrogens with two attached hydrogens (primary N) is 1. The normalized spacial score (nSPS) is 10.2. The summed E-state index contributed by atoms with van der Waals surface area (Å²) in [5, 5.41) is 0.615. The lowest BCUT2D eigenvalue weighted by molar-refractivity contribution is 0.323. The van der Waals surface area contributed by atoms with Crippen LogP contribution in [0.1, 0.15) is 5.56 Å². The zero-order valence-electron chi connectivity index (χ0n) is 9.27. The van der Waals surface area contributed by atoms with Crippen LogP contribution >= 0.6 is 11.6 Å². The highest BCUT2D eigenvalue weighted by Crippen LogP contribution is 2.24. The number of nitrogens with zero attached hydrogens (tertiary/aromatic N) is 1. The van der Waals surface area contributed by atoms with Crippen molar-refractivity contribution in [3.63, 3.8) is 0 Å². The Morgan fingerprint density at radius 3 is 2.65 bits per heavy atom. The highest BCUT2D eigenvalue weighted by Gasteiger charge is 2.01. The van der Waals surface area contributed by atoms with Crippen molar-refractivity contribution in [2.45, 2.75) is 6.42 Å². The van der Waals surface area contributed by atoms with Gasteiger partial charge in [0.2, 0.25) is 0 Å². The molecule has 1 aromatic carbocycles. The fourth-order valence-electron chi connectivity index (χ4n) is 1.48. The third kappa shape index (κ3) is 3.36. The molecule has 0 spiro atoms. The molecule has 0 fully saturated rings. The van der Waals surface area contributed by atoms with Crippen LogP contribution in [-0.4, -0.2) is 11.6 Å². The summed E-state index contributed by atoms with van der Waals surface area (Å²) in [5.74, 6) is 0.670. The molecule has 1 heterocycles. The molecule has 0 aliphatic carbocycles. The number of benzene rings is 1. The number of ether oxygens (including phenoxy) is 1. The Balaban J connectivity index is 1.90. The Hall–Kier alpha value is -1.74. The van der Waals surface area contributed by atoms with E-state index in [1.54, 1.807) is 30.6 Å². The second kappa shape index (κ2) is 5.55. The number of anilines is 1. The molecule has 0 aliphatic rings. The molecule has 0 amide bonds. The van der Waals surface area contributed by atoms with E-state index >= 15 is 0 Å². The molecule has 0 aliphatic heterocycles. The summed E-state index contributed by atoms with van der Waals surface area (Å²) < 4.78 is 5.59. The molecule has 4 heteroatoms. The number of pyridine rings is 1. The zero-order chi connectivity index (χ0) is 12.1. The van der Waals surface area contributed by atoms with E-state index in [2.05, 4.69) is 4.98 Å². The van der Waals surface area contributed by atoms with Gasteiger partial charge < -0.3 is 10.5 Å². The predicted octanol–water partition coefficient (Wildman–Crippen LogP) is 2.94. The topological polar surface area (TPSA) is 48.1 Å². The summed E-state index contributed by atoms with van der Waals surface area (Å²) in [6.45, 7) is 0.579. The van der Waals surface area contributed by atoms with Crippen molar-refractivity contribution >= 4 is 17.3 Å². The minimum Gasteiger partial charge on any atom is -0.491 e. The Morgan fingerprint density at radius 1 is 1.18 bits per heavy atom. The van der Waals surface area contributed by atoms with Crippen molar-refractivity contribution < 1.29 is 4.74 Å². The highest BCUT2D eigenvalue weighted by molar-refractivity contribution is 6.30. The summed E-state index contributed by atoms with van der Waals surface area (Å²) in [5.41, 5.74) is 7.53. The molecule has 88 valence electrons. The van der Waals surface area contributed by atoms with Crippen LogP contribution < -0.4 is 10.5 Å². The maximum atomic E-state index is 5.80. The van der Waals surface area contributed by atoms with Gasteiger partial charge in [-0.2, -0.15) is 0 Å². The van der Waals surface area contributed by atoms with Crippen molar-refractivity contribution in [3.05, 3.63) is 53.3 Å². The van der Waals surface area contributed by atoms with Crippen molar-refractivity contribution in [3.8, 4) is 5.75 Å². The number of rotatable bonds is 4. The van der Waals surface area contributed by atoms with Gasteiger partial charge in [-0.1, -0.05) is 11.6 Å². The maximum absolute atomic E-state index is 5.80. The smallest absolute Gasteiger partial charge is 0.142 e. The van der Waals surface area contributed by atoms with Gasteiger partial charge in [0.05, 0.1) is 12.3 Å². The molecule has 0 radical (unpaired) electrons. The molecular weight excluding hydrogens is 236 g/mol. The van der Waals surface area contributed by atoms with Crippen LogP contribution in [0, 0.1) is 0 Å². The lowest BCUT2D eigenvalue weighted by Gasteiger charge is -2.08. The third-order valence-electron chi connectivity index (χ3n) is 2.37. The Bertz CT molecular complexity index is 488. The number of nitrogen functional groups attached to an aromatic ring is 1. The van der Waals surface area contributed by atoms with Crippen LogP contribution in [0.15, 0.2) is 42.7 Å². The lowest BCUT2D eigenvalue weighted by atomic mass is 10.2. The molecule has 0 unspecified atom stereocenters. The van der Waals surface area contributed by atoms with Gasteiger partial charge in [-0.15, -0.1) is 0 Å². The first-order chi connectivity index (χ1) is 8.25. The van der Waals surface area contributed by atoms with Gasteiger partial charge in [0.1, 0.15) is 5.75 Å². The van der Waals surface area contributed by atoms with E-state index in [0.717, 1.165) is 6.42 Å². The summed E-state index contributed by atoms with van der Waals surface area (Å²) in [6, 6.07) is 9.16. The van der Waals surface area contributed by atoms with Gasteiger partial charge in [0.25, 0.3) is 0 Å². The van der Waals surface area contributed by atoms with Gasteiger partial charge in [0.15, 0.2) is 0 Å². The molecule has 0 bridgehead atoms. The maximum Gasteiger partial charge on any atom is 0.142 e. The van der Waals surface area contributed by atoms with Crippen LogP contribution in [0.4, 0.5) is 5.69 Å². The zero-order valence-corrected chi connectivity index (χ0v) is 10.0. The predicted molar refractivity (Wildman–Crippen MR) is 69.3 cm³/mol. The monoisotopic (exact) mass is 248 g/mol. The van der Waals surface area contributed by atoms with Gasteiger partial charge >= 0.3 is 0 Å². The molecule has 0 atom stereocenters. The van der Waals surface area contributed by atoms with Crippen molar-refractivity contribution in [2.75, 3.05) is 12.3 Å². The SMILES string of the molecule is Nc1cc(Cl)ccc1OCCc1ccncc1. The highest BCUT2D eigenvalue weighted by atomic mass is 35.5. The fourth-order valence-corrected chi connectivity index (χ4v) is 1.66. The van der Waals surface area contributed by atoms with Crippen LogP contribution in [0.5, 0.6) is 5.75 Å².